The van der Waals surface area contributed by atoms with Crippen molar-refractivity contribution in [2.45, 2.75) is 0 Å². The van der Waals surface area contributed by atoms with Crippen LogP contribution in [0.2, 0.25) is 0 Å². The van der Waals surface area contributed by atoms with Crippen LogP contribution in [0.1, 0.15) is 0 Å². The van der Waals surface area contributed by atoms with E-state index in [-0.39, 0.29) is 11.6 Å². The van der Waals surface area contributed by atoms with Crippen LogP contribution < -0.4 is 0 Å². The molecule has 0 saturated carbocycles. The van der Waals surface area contributed by atoms with Crippen molar-refractivity contribution in [2.75, 3.05) is 0 Å². The molecule has 0 radical (unpaired) electrons. The van der Waals surface area contributed by atoms with Crippen molar-refractivity contribution in [3.05, 3.63) is 60.2 Å². The summed E-state index contributed by atoms with van der Waals surface area (Å²) in [6.07, 6.45) is 0. The number of hydrogen-bond donors (Lipinski definition) is 0. The van der Waals surface area contributed by atoms with Gasteiger partial charge in [-0.15, -0.1) is 10.2 Å². The molecule has 0 fully saturated rings. The minimum atomic E-state index is -0.319. The summed E-state index contributed by atoms with van der Waals surface area (Å²) in [6.45, 7) is 0. The monoisotopic (exact) mass is 274 g/mol. The third kappa shape index (κ3) is 2.51. The first-order valence-electron chi connectivity index (χ1n) is 5.58. The highest BCUT2D eigenvalue weighted by molar-refractivity contribution is 7.17. The molecule has 19 heavy (non-hydrogen) atoms. The third-order valence-corrected chi connectivity index (χ3v) is 3.59. The Kier molecular flexibility index (Phi) is 3.05. The van der Waals surface area contributed by atoms with Crippen LogP contribution in [0.5, 0.6) is 0 Å². The minimum Gasteiger partial charge on any atom is -0.207 e. The van der Waals surface area contributed by atoms with Gasteiger partial charge in [0.05, 0.1) is 0 Å². The molecule has 0 bridgehead atoms. The van der Waals surface area contributed by atoms with Crippen LogP contribution in [-0.4, -0.2) is 10.2 Å². The van der Waals surface area contributed by atoms with E-state index in [2.05, 4.69) is 10.2 Å². The molecule has 1 heterocycles. The van der Waals surface area contributed by atoms with Gasteiger partial charge in [0.2, 0.25) is 0 Å². The van der Waals surface area contributed by atoms with Crippen LogP contribution in [0.25, 0.3) is 21.1 Å². The summed E-state index contributed by atoms with van der Waals surface area (Å²) in [5.74, 6) is -0.639. The smallest absolute Gasteiger partial charge is 0.148 e. The van der Waals surface area contributed by atoms with Crippen molar-refractivity contribution in [2.24, 2.45) is 0 Å². The highest BCUT2D eigenvalue weighted by Gasteiger charge is 2.09. The maximum Gasteiger partial charge on any atom is 0.148 e. The number of hydrogen-bond acceptors (Lipinski definition) is 3. The molecule has 0 saturated heterocycles. The van der Waals surface area contributed by atoms with E-state index in [9.17, 15) is 8.78 Å². The molecule has 0 unspecified atom stereocenters. The Morgan fingerprint density at radius 2 is 1.21 bits per heavy atom. The molecule has 0 N–H and O–H groups in total. The van der Waals surface area contributed by atoms with Gasteiger partial charge in [0.15, 0.2) is 0 Å². The van der Waals surface area contributed by atoms with Crippen LogP contribution >= 0.6 is 11.3 Å². The molecule has 94 valence electrons. The van der Waals surface area contributed by atoms with Gasteiger partial charge in [-0.3, -0.25) is 0 Å². The first-order chi connectivity index (χ1) is 9.22. The van der Waals surface area contributed by atoms with E-state index in [1.54, 1.807) is 24.3 Å². The molecule has 1 aromatic heterocycles. The second kappa shape index (κ2) is 4.85. The Bertz CT molecular complexity index is 665. The average molecular weight is 274 g/mol. The molecule has 0 atom stereocenters. The number of nitrogens with zero attached hydrogens (tertiary/aromatic N) is 2. The molecule has 0 spiro atoms. The zero-order valence-electron chi connectivity index (χ0n) is 9.68. The molecule has 5 heteroatoms. The van der Waals surface area contributed by atoms with E-state index in [4.69, 9.17) is 0 Å². The summed E-state index contributed by atoms with van der Waals surface area (Å²) < 4.78 is 26.3. The zero-order chi connectivity index (χ0) is 13.2. The van der Waals surface area contributed by atoms with E-state index in [1.165, 1.54) is 35.6 Å². The fraction of sp³-hybridized carbons (Fsp3) is 0. The van der Waals surface area contributed by atoms with Crippen molar-refractivity contribution < 1.29 is 8.78 Å². The summed E-state index contributed by atoms with van der Waals surface area (Å²) in [6, 6.07) is 12.3. The quantitative estimate of drug-likeness (QED) is 0.701. The number of halogens is 2. The van der Waals surface area contributed by atoms with Gasteiger partial charge < -0.3 is 0 Å². The van der Waals surface area contributed by atoms with Crippen LogP contribution in [0.4, 0.5) is 8.78 Å². The van der Waals surface area contributed by atoms with E-state index < -0.39 is 0 Å². The van der Waals surface area contributed by atoms with Crippen LogP contribution in [-0.2, 0) is 0 Å². The predicted octanol–water partition coefficient (Wildman–Crippen LogP) is 4.15. The van der Waals surface area contributed by atoms with Gasteiger partial charge in [-0.25, -0.2) is 8.78 Å². The normalized spacial score (nSPS) is 10.6. The Morgan fingerprint density at radius 3 is 1.63 bits per heavy atom. The summed E-state index contributed by atoms with van der Waals surface area (Å²) in [4.78, 5) is 0. The van der Waals surface area contributed by atoms with Gasteiger partial charge in [-0.2, -0.15) is 0 Å². The largest absolute Gasteiger partial charge is 0.207 e. The van der Waals surface area contributed by atoms with E-state index >= 15 is 0 Å². The molecular weight excluding hydrogens is 266 g/mol. The predicted molar refractivity (Wildman–Crippen MR) is 70.7 cm³/mol. The SMILES string of the molecule is Fc1cccc(-c2nnc(-c3cccc(F)c3)s2)c1. The van der Waals surface area contributed by atoms with E-state index in [1.807, 2.05) is 0 Å². The second-order valence-electron chi connectivity index (χ2n) is 3.93. The standard InChI is InChI=1S/C14H8F2N2S/c15-11-5-1-3-9(7-11)13-17-18-14(19-13)10-4-2-6-12(16)8-10/h1-8H. The Labute approximate surface area is 112 Å². The maximum atomic E-state index is 13.1. The van der Waals surface area contributed by atoms with Gasteiger partial charge in [0.25, 0.3) is 0 Å². The number of rotatable bonds is 2. The van der Waals surface area contributed by atoms with Crippen LogP contribution in [0.3, 0.4) is 0 Å². The number of benzene rings is 2. The lowest BCUT2D eigenvalue weighted by atomic mass is 10.2. The lowest BCUT2D eigenvalue weighted by molar-refractivity contribution is 0.628. The Balaban J connectivity index is 2.00. The fourth-order valence-corrected chi connectivity index (χ4v) is 2.54. The van der Waals surface area contributed by atoms with Crippen LogP contribution in [0, 0.1) is 11.6 Å². The summed E-state index contributed by atoms with van der Waals surface area (Å²) in [5.41, 5.74) is 1.33. The van der Waals surface area contributed by atoms with Crippen molar-refractivity contribution in [3.8, 4) is 21.1 Å². The van der Waals surface area contributed by atoms with Crippen molar-refractivity contribution in [1.29, 1.82) is 0 Å². The number of aromatic nitrogens is 2. The minimum absolute atomic E-state index is 0.319. The molecule has 0 aliphatic heterocycles. The first kappa shape index (κ1) is 11.9. The maximum absolute atomic E-state index is 13.1. The lowest BCUT2D eigenvalue weighted by Gasteiger charge is -1.95. The van der Waals surface area contributed by atoms with E-state index in [0.29, 0.717) is 21.1 Å². The Hall–Kier alpha value is -2.14. The molecule has 0 amide bonds. The van der Waals surface area contributed by atoms with Gasteiger partial charge in [-0.1, -0.05) is 35.6 Å². The molecule has 0 aliphatic carbocycles. The van der Waals surface area contributed by atoms with Gasteiger partial charge in [0, 0.05) is 11.1 Å². The fourth-order valence-electron chi connectivity index (χ4n) is 1.70. The van der Waals surface area contributed by atoms with Gasteiger partial charge >= 0.3 is 0 Å². The summed E-state index contributed by atoms with van der Waals surface area (Å²) in [5, 5.41) is 9.25. The zero-order valence-corrected chi connectivity index (χ0v) is 10.5. The molecule has 2 nitrogen and oxygen atoms in total. The highest BCUT2D eigenvalue weighted by Crippen LogP contribution is 2.30. The molecule has 2 aromatic carbocycles. The van der Waals surface area contributed by atoms with Crippen molar-refractivity contribution in [1.82, 2.24) is 10.2 Å². The topological polar surface area (TPSA) is 25.8 Å². The molecule has 3 aromatic rings. The average Bonchev–Trinajstić information content (AvgIpc) is 2.88. The van der Waals surface area contributed by atoms with Crippen LogP contribution in [0.15, 0.2) is 48.5 Å². The van der Waals surface area contributed by atoms with Crippen molar-refractivity contribution in [3.63, 3.8) is 0 Å². The molecule has 3 rings (SSSR count). The second-order valence-corrected chi connectivity index (χ2v) is 4.91. The van der Waals surface area contributed by atoms with Gasteiger partial charge in [0.1, 0.15) is 21.6 Å². The van der Waals surface area contributed by atoms with Crippen molar-refractivity contribution >= 4 is 11.3 Å². The lowest BCUT2D eigenvalue weighted by Crippen LogP contribution is -1.79. The summed E-state index contributed by atoms with van der Waals surface area (Å²) >= 11 is 1.30. The summed E-state index contributed by atoms with van der Waals surface area (Å²) in [7, 11) is 0. The highest BCUT2D eigenvalue weighted by atomic mass is 32.1. The Morgan fingerprint density at radius 1 is 0.737 bits per heavy atom. The molecular formula is C14H8F2N2S. The van der Waals surface area contributed by atoms with E-state index in [0.717, 1.165) is 0 Å². The van der Waals surface area contributed by atoms with Gasteiger partial charge in [-0.05, 0) is 24.3 Å². The first-order valence-corrected chi connectivity index (χ1v) is 6.39. The molecule has 0 aliphatic rings. The third-order valence-electron chi connectivity index (χ3n) is 2.57.